The fourth-order valence-corrected chi connectivity index (χ4v) is 4.57. The number of hydrogen-bond donors (Lipinski definition) is 1. The maximum absolute atomic E-state index is 12.8. The molecule has 2 aliphatic heterocycles. The molecule has 2 unspecified atom stereocenters. The van der Waals surface area contributed by atoms with Gasteiger partial charge in [-0.1, -0.05) is 30.3 Å². The Morgan fingerprint density at radius 3 is 2.89 bits per heavy atom. The predicted molar refractivity (Wildman–Crippen MR) is 106 cm³/mol. The zero-order valence-corrected chi connectivity index (χ0v) is 15.6. The standard InChI is InChI=1S/C21H23N5O2/c27-21(28-13-15-5-2-1-3-6-15)26-11-4-7-17-18(26)9-12-25(17)20-16-8-10-22-19(16)23-14-24-20/h1-3,5-6,8,10,14,17-18H,4,7,9,11-13H2,(H,22,23,24). The van der Waals surface area contributed by atoms with Crippen molar-refractivity contribution in [2.24, 2.45) is 0 Å². The fraction of sp³-hybridized carbons (Fsp3) is 0.381. The van der Waals surface area contributed by atoms with E-state index in [1.165, 1.54) is 0 Å². The van der Waals surface area contributed by atoms with Gasteiger partial charge in [-0.25, -0.2) is 14.8 Å². The van der Waals surface area contributed by atoms with Crippen LogP contribution < -0.4 is 4.90 Å². The zero-order valence-electron chi connectivity index (χ0n) is 15.6. The first-order chi connectivity index (χ1) is 13.8. The third-order valence-electron chi connectivity index (χ3n) is 5.85. The number of benzene rings is 1. The molecule has 2 aromatic heterocycles. The SMILES string of the molecule is O=C(OCc1ccccc1)N1CCCC2C1CCN2c1ncnc2[nH]ccc12. The Hall–Kier alpha value is -3.09. The molecule has 2 aliphatic rings. The van der Waals surface area contributed by atoms with Gasteiger partial charge in [0.05, 0.1) is 17.5 Å². The van der Waals surface area contributed by atoms with Crippen LogP contribution in [0.3, 0.4) is 0 Å². The van der Waals surface area contributed by atoms with E-state index in [1.54, 1.807) is 6.33 Å². The number of ether oxygens (including phenoxy) is 1. The summed E-state index contributed by atoms with van der Waals surface area (Å²) in [6.07, 6.45) is 6.25. The molecule has 7 heteroatoms. The molecule has 0 spiro atoms. The Bertz CT molecular complexity index is 973. The number of carbonyl (C=O) groups excluding carboxylic acids is 1. The molecule has 5 rings (SSSR count). The summed E-state index contributed by atoms with van der Waals surface area (Å²) in [4.78, 5) is 29.1. The quantitative estimate of drug-likeness (QED) is 0.758. The first kappa shape index (κ1) is 17.0. The molecule has 3 aromatic rings. The summed E-state index contributed by atoms with van der Waals surface area (Å²) in [5.41, 5.74) is 1.86. The summed E-state index contributed by atoms with van der Waals surface area (Å²) in [6.45, 7) is 1.95. The van der Waals surface area contributed by atoms with E-state index in [4.69, 9.17) is 4.74 Å². The van der Waals surface area contributed by atoms with Gasteiger partial charge >= 0.3 is 6.09 Å². The number of likely N-dealkylation sites (tertiary alicyclic amines) is 1. The highest BCUT2D eigenvalue weighted by molar-refractivity contribution is 5.87. The Morgan fingerprint density at radius 1 is 1.11 bits per heavy atom. The summed E-state index contributed by atoms with van der Waals surface area (Å²) in [5, 5.41) is 1.03. The number of aromatic nitrogens is 3. The van der Waals surface area contributed by atoms with Gasteiger partial charge in [-0.3, -0.25) is 0 Å². The van der Waals surface area contributed by atoms with Gasteiger partial charge in [0.15, 0.2) is 0 Å². The summed E-state index contributed by atoms with van der Waals surface area (Å²) in [7, 11) is 0. The molecule has 1 aromatic carbocycles. The summed E-state index contributed by atoms with van der Waals surface area (Å²) in [6, 6.07) is 12.3. The number of carbonyl (C=O) groups is 1. The van der Waals surface area contributed by atoms with Crippen molar-refractivity contribution in [3.8, 4) is 0 Å². The minimum absolute atomic E-state index is 0.168. The Labute approximate surface area is 163 Å². The Balaban J connectivity index is 1.32. The van der Waals surface area contributed by atoms with E-state index in [1.807, 2.05) is 47.5 Å². The summed E-state index contributed by atoms with van der Waals surface area (Å²) >= 11 is 0. The average Bonchev–Trinajstić information content (AvgIpc) is 3.39. The number of H-pyrrole nitrogens is 1. The van der Waals surface area contributed by atoms with E-state index in [2.05, 4.69) is 19.9 Å². The van der Waals surface area contributed by atoms with Crippen molar-refractivity contribution in [3.05, 3.63) is 54.5 Å². The molecule has 28 heavy (non-hydrogen) atoms. The van der Waals surface area contributed by atoms with Gasteiger partial charge in [0.1, 0.15) is 24.4 Å². The van der Waals surface area contributed by atoms with Gasteiger partial charge in [0, 0.05) is 19.3 Å². The molecule has 144 valence electrons. The van der Waals surface area contributed by atoms with Crippen LogP contribution in [0.4, 0.5) is 10.6 Å². The van der Waals surface area contributed by atoms with Crippen LogP contribution >= 0.6 is 0 Å². The average molecular weight is 377 g/mol. The molecule has 1 N–H and O–H groups in total. The van der Waals surface area contributed by atoms with Crippen molar-refractivity contribution in [1.29, 1.82) is 0 Å². The van der Waals surface area contributed by atoms with Gasteiger partial charge in [-0.05, 0) is 30.9 Å². The van der Waals surface area contributed by atoms with Crippen LogP contribution in [0.25, 0.3) is 11.0 Å². The molecular weight excluding hydrogens is 354 g/mol. The molecule has 2 atom stereocenters. The first-order valence-corrected chi connectivity index (χ1v) is 9.83. The summed E-state index contributed by atoms with van der Waals surface area (Å²) in [5.74, 6) is 0.957. The van der Waals surface area contributed by atoms with Crippen LogP contribution in [0.1, 0.15) is 24.8 Å². The van der Waals surface area contributed by atoms with E-state index in [-0.39, 0.29) is 18.2 Å². The topological polar surface area (TPSA) is 74.3 Å². The molecule has 0 saturated carbocycles. The second-order valence-electron chi connectivity index (χ2n) is 7.43. The van der Waals surface area contributed by atoms with E-state index < -0.39 is 0 Å². The minimum Gasteiger partial charge on any atom is -0.445 e. The monoisotopic (exact) mass is 377 g/mol. The molecule has 0 radical (unpaired) electrons. The van der Waals surface area contributed by atoms with Crippen molar-refractivity contribution >= 4 is 22.9 Å². The van der Waals surface area contributed by atoms with Crippen LogP contribution in [0.15, 0.2) is 48.9 Å². The van der Waals surface area contributed by atoms with Gasteiger partial charge in [0.2, 0.25) is 0 Å². The van der Waals surface area contributed by atoms with Crippen molar-refractivity contribution in [2.75, 3.05) is 18.0 Å². The largest absolute Gasteiger partial charge is 0.445 e. The molecule has 4 heterocycles. The third-order valence-corrected chi connectivity index (χ3v) is 5.85. The molecular formula is C21H23N5O2. The van der Waals surface area contributed by atoms with Crippen molar-refractivity contribution in [2.45, 2.75) is 38.0 Å². The van der Waals surface area contributed by atoms with Crippen LogP contribution in [-0.2, 0) is 11.3 Å². The number of aromatic amines is 1. The molecule has 0 bridgehead atoms. The molecule has 7 nitrogen and oxygen atoms in total. The second-order valence-corrected chi connectivity index (χ2v) is 7.43. The lowest BCUT2D eigenvalue weighted by atomic mass is 9.97. The lowest BCUT2D eigenvalue weighted by Crippen LogP contribution is -2.52. The van der Waals surface area contributed by atoms with E-state index in [0.29, 0.717) is 6.61 Å². The van der Waals surface area contributed by atoms with Gasteiger partial charge in [0.25, 0.3) is 0 Å². The van der Waals surface area contributed by atoms with Gasteiger partial charge < -0.3 is 19.5 Å². The Morgan fingerprint density at radius 2 is 2.00 bits per heavy atom. The van der Waals surface area contributed by atoms with Crippen LogP contribution in [0, 0.1) is 0 Å². The van der Waals surface area contributed by atoms with Crippen molar-refractivity contribution in [3.63, 3.8) is 0 Å². The molecule has 0 aliphatic carbocycles. The number of fused-ring (bicyclic) bond motifs is 2. The maximum Gasteiger partial charge on any atom is 0.410 e. The number of anilines is 1. The van der Waals surface area contributed by atoms with E-state index in [9.17, 15) is 4.79 Å². The molecule has 2 fully saturated rings. The van der Waals surface area contributed by atoms with Gasteiger partial charge in [-0.15, -0.1) is 0 Å². The Kier molecular flexibility index (Phi) is 4.35. The first-order valence-electron chi connectivity index (χ1n) is 9.83. The fourth-order valence-electron chi connectivity index (χ4n) is 4.57. The maximum atomic E-state index is 12.8. The molecule has 2 saturated heterocycles. The number of nitrogens with zero attached hydrogens (tertiary/aromatic N) is 4. The smallest absolute Gasteiger partial charge is 0.410 e. The van der Waals surface area contributed by atoms with Crippen LogP contribution in [-0.4, -0.2) is 51.1 Å². The van der Waals surface area contributed by atoms with E-state index in [0.717, 1.165) is 54.8 Å². The highest BCUT2D eigenvalue weighted by atomic mass is 16.6. The minimum atomic E-state index is -0.213. The van der Waals surface area contributed by atoms with E-state index >= 15 is 0 Å². The zero-order chi connectivity index (χ0) is 18.9. The number of hydrogen-bond acceptors (Lipinski definition) is 5. The highest BCUT2D eigenvalue weighted by Gasteiger charge is 2.43. The van der Waals surface area contributed by atoms with Crippen molar-refractivity contribution in [1.82, 2.24) is 19.9 Å². The van der Waals surface area contributed by atoms with Crippen molar-refractivity contribution < 1.29 is 9.53 Å². The number of nitrogens with one attached hydrogen (secondary N) is 1. The summed E-state index contributed by atoms with van der Waals surface area (Å²) < 4.78 is 5.61. The van der Waals surface area contributed by atoms with Gasteiger partial charge in [-0.2, -0.15) is 0 Å². The van der Waals surface area contributed by atoms with Crippen LogP contribution in [0.5, 0.6) is 0 Å². The second kappa shape index (κ2) is 7.14. The highest BCUT2D eigenvalue weighted by Crippen LogP contribution is 2.36. The lowest BCUT2D eigenvalue weighted by molar-refractivity contribution is 0.0673. The number of amides is 1. The number of piperidine rings is 1. The normalized spacial score (nSPS) is 21.7. The van der Waals surface area contributed by atoms with Crippen LogP contribution in [0.2, 0.25) is 0 Å². The lowest BCUT2D eigenvalue weighted by Gasteiger charge is -2.39. The predicted octanol–water partition coefficient (Wildman–Crippen LogP) is 3.34. The molecule has 1 amide bonds. The third kappa shape index (κ3) is 2.96. The number of rotatable bonds is 3.